The van der Waals surface area contributed by atoms with Crippen molar-refractivity contribution in [3.8, 4) is 0 Å². The summed E-state index contributed by atoms with van der Waals surface area (Å²) in [7, 11) is 0. The highest BCUT2D eigenvalue weighted by Gasteiger charge is 2.32. The Bertz CT molecular complexity index is 295. The monoisotopic (exact) mass is 225 g/mol. The molecule has 0 aliphatic carbocycles. The van der Waals surface area contributed by atoms with Crippen LogP contribution in [0.4, 0.5) is 13.2 Å². The van der Waals surface area contributed by atoms with E-state index in [1.54, 1.807) is 6.92 Å². The largest absolute Gasteiger partial charge is 0.432 e. The number of thiol groups is 1. The van der Waals surface area contributed by atoms with Crippen molar-refractivity contribution in [2.45, 2.75) is 25.0 Å². The standard InChI is InChI=1S/C7H10F3N3S/c1-4(14)11-3-6-12-2-5(13-6)7(8,9)10/h2,4,11,14H,3H2,1H3,(H,12,13). The lowest BCUT2D eigenvalue weighted by molar-refractivity contribution is -0.140. The normalized spacial score (nSPS) is 14.4. The summed E-state index contributed by atoms with van der Waals surface area (Å²) in [4.78, 5) is 5.76. The van der Waals surface area contributed by atoms with E-state index >= 15 is 0 Å². The number of H-pyrrole nitrogens is 1. The molecule has 2 N–H and O–H groups in total. The average molecular weight is 225 g/mol. The molecule has 0 aromatic carbocycles. The van der Waals surface area contributed by atoms with Crippen molar-refractivity contribution in [1.82, 2.24) is 15.3 Å². The van der Waals surface area contributed by atoms with Gasteiger partial charge >= 0.3 is 6.18 Å². The van der Waals surface area contributed by atoms with Gasteiger partial charge in [0, 0.05) is 5.37 Å². The van der Waals surface area contributed by atoms with Crippen LogP contribution in [0.2, 0.25) is 0 Å². The van der Waals surface area contributed by atoms with E-state index in [-0.39, 0.29) is 17.7 Å². The number of nitrogens with one attached hydrogen (secondary N) is 2. The number of hydrogen-bond acceptors (Lipinski definition) is 3. The fourth-order valence-corrected chi connectivity index (χ4v) is 0.932. The van der Waals surface area contributed by atoms with E-state index in [1.165, 1.54) is 0 Å². The molecule has 3 nitrogen and oxygen atoms in total. The molecule has 0 saturated heterocycles. The van der Waals surface area contributed by atoms with Gasteiger partial charge < -0.3 is 4.98 Å². The first kappa shape index (κ1) is 11.4. The quantitative estimate of drug-likeness (QED) is 0.542. The fourth-order valence-electron chi connectivity index (χ4n) is 0.841. The molecular formula is C7H10F3N3S. The van der Waals surface area contributed by atoms with Crippen LogP contribution in [0.15, 0.2) is 6.20 Å². The second-order valence-electron chi connectivity index (χ2n) is 2.80. The number of alkyl halides is 3. The van der Waals surface area contributed by atoms with Crippen LogP contribution in [0.1, 0.15) is 18.4 Å². The molecule has 0 spiro atoms. The Morgan fingerprint density at radius 1 is 1.64 bits per heavy atom. The Kier molecular flexibility index (Phi) is 3.43. The minimum Gasteiger partial charge on any atom is -0.337 e. The van der Waals surface area contributed by atoms with Crippen molar-refractivity contribution in [2.24, 2.45) is 0 Å². The van der Waals surface area contributed by atoms with Crippen molar-refractivity contribution in [3.05, 3.63) is 17.7 Å². The van der Waals surface area contributed by atoms with Gasteiger partial charge in [-0.2, -0.15) is 25.8 Å². The highest BCUT2D eigenvalue weighted by Crippen LogP contribution is 2.27. The van der Waals surface area contributed by atoms with Crippen LogP contribution in [0.5, 0.6) is 0 Å². The lowest BCUT2D eigenvalue weighted by Gasteiger charge is -2.04. The number of halogens is 3. The van der Waals surface area contributed by atoms with E-state index in [0.29, 0.717) is 0 Å². The molecule has 0 radical (unpaired) electrons. The van der Waals surface area contributed by atoms with Gasteiger partial charge in [-0.3, -0.25) is 5.32 Å². The first-order chi connectivity index (χ1) is 6.39. The van der Waals surface area contributed by atoms with Crippen LogP contribution in [0, 0.1) is 0 Å². The molecule has 0 amide bonds. The van der Waals surface area contributed by atoms with Crippen LogP contribution in [-0.4, -0.2) is 15.3 Å². The average Bonchev–Trinajstić information content (AvgIpc) is 2.47. The van der Waals surface area contributed by atoms with Gasteiger partial charge in [0.15, 0.2) is 0 Å². The second kappa shape index (κ2) is 4.22. The SMILES string of the molecule is CC(S)NCc1ncc(C(F)(F)F)[nH]1. The zero-order chi connectivity index (χ0) is 10.8. The highest BCUT2D eigenvalue weighted by atomic mass is 32.1. The molecule has 14 heavy (non-hydrogen) atoms. The lowest BCUT2D eigenvalue weighted by Crippen LogP contribution is -2.20. The third-order valence-corrected chi connectivity index (χ3v) is 1.68. The summed E-state index contributed by atoms with van der Waals surface area (Å²) in [5.41, 5.74) is -0.832. The van der Waals surface area contributed by atoms with Gasteiger partial charge in [-0.25, -0.2) is 4.98 Å². The minimum atomic E-state index is -4.36. The van der Waals surface area contributed by atoms with Gasteiger partial charge in [0.1, 0.15) is 11.5 Å². The fraction of sp³-hybridized carbons (Fsp3) is 0.571. The van der Waals surface area contributed by atoms with E-state index in [0.717, 1.165) is 6.20 Å². The maximum Gasteiger partial charge on any atom is 0.432 e. The molecule has 0 fully saturated rings. The molecule has 1 aromatic heterocycles. The third kappa shape index (κ3) is 3.22. The zero-order valence-corrected chi connectivity index (χ0v) is 8.28. The number of nitrogens with zero attached hydrogens (tertiary/aromatic N) is 1. The van der Waals surface area contributed by atoms with Crippen molar-refractivity contribution >= 4 is 12.6 Å². The molecule has 0 saturated carbocycles. The molecule has 1 heterocycles. The van der Waals surface area contributed by atoms with Crippen molar-refractivity contribution in [2.75, 3.05) is 0 Å². The Morgan fingerprint density at radius 2 is 2.29 bits per heavy atom. The summed E-state index contributed by atoms with van der Waals surface area (Å²) < 4.78 is 36.3. The Hall–Kier alpha value is -0.690. The molecule has 0 aliphatic rings. The van der Waals surface area contributed by atoms with E-state index < -0.39 is 11.9 Å². The second-order valence-corrected chi connectivity index (χ2v) is 3.57. The highest BCUT2D eigenvalue weighted by molar-refractivity contribution is 7.80. The zero-order valence-electron chi connectivity index (χ0n) is 7.39. The summed E-state index contributed by atoms with van der Waals surface area (Å²) in [5, 5.41) is 2.74. The van der Waals surface area contributed by atoms with Crippen LogP contribution >= 0.6 is 12.6 Å². The lowest BCUT2D eigenvalue weighted by atomic mass is 10.5. The van der Waals surface area contributed by atoms with E-state index in [9.17, 15) is 13.2 Å². The van der Waals surface area contributed by atoms with Gasteiger partial charge in [0.25, 0.3) is 0 Å². The van der Waals surface area contributed by atoms with Crippen LogP contribution in [0.25, 0.3) is 0 Å². The molecule has 1 rings (SSSR count). The summed E-state index contributed by atoms with van der Waals surface area (Å²) >= 11 is 4.02. The number of rotatable bonds is 3. The van der Waals surface area contributed by atoms with Crippen molar-refractivity contribution in [3.63, 3.8) is 0 Å². The molecule has 7 heteroatoms. The van der Waals surface area contributed by atoms with Gasteiger partial charge in [-0.1, -0.05) is 0 Å². The summed E-state index contributed by atoms with van der Waals surface area (Å²) in [6, 6.07) is 0. The number of aromatic amines is 1. The van der Waals surface area contributed by atoms with Gasteiger partial charge in [-0.15, -0.1) is 0 Å². The van der Waals surface area contributed by atoms with Crippen LogP contribution in [-0.2, 0) is 12.7 Å². The van der Waals surface area contributed by atoms with Crippen molar-refractivity contribution in [1.29, 1.82) is 0 Å². The Labute approximate surface area is 84.5 Å². The summed E-state index contributed by atoms with van der Waals surface area (Å²) in [6.45, 7) is 2.01. The smallest absolute Gasteiger partial charge is 0.337 e. The maximum absolute atomic E-state index is 12.1. The van der Waals surface area contributed by atoms with Gasteiger partial charge in [-0.05, 0) is 6.92 Å². The third-order valence-electron chi connectivity index (χ3n) is 1.50. The molecular weight excluding hydrogens is 215 g/mol. The molecule has 1 unspecified atom stereocenters. The molecule has 1 atom stereocenters. The molecule has 1 aromatic rings. The first-order valence-electron chi connectivity index (χ1n) is 3.92. The summed E-state index contributed by atoms with van der Waals surface area (Å²) in [5.74, 6) is 0.248. The Morgan fingerprint density at radius 3 is 2.71 bits per heavy atom. The molecule has 80 valence electrons. The topological polar surface area (TPSA) is 40.7 Å². The van der Waals surface area contributed by atoms with E-state index in [1.807, 2.05) is 0 Å². The number of aromatic nitrogens is 2. The van der Waals surface area contributed by atoms with E-state index in [2.05, 4.69) is 27.9 Å². The van der Waals surface area contributed by atoms with Gasteiger partial charge in [0.05, 0.1) is 12.7 Å². The number of imidazole rings is 1. The van der Waals surface area contributed by atoms with Crippen LogP contribution in [0.3, 0.4) is 0 Å². The van der Waals surface area contributed by atoms with E-state index in [4.69, 9.17) is 0 Å². The van der Waals surface area contributed by atoms with Crippen molar-refractivity contribution < 1.29 is 13.2 Å². The minimum absolute atomic E-state index is 0.0885. The summed E-state index contributed by atoms with van der Waals surface area (Å²) in [6.07, 6.45) is -3.59. The molecule has 0 bridgehead atoms. The molecule has 0 aliphatic heterocycles. The van der Waals surface area contributed by atoms with Gasteiger partial charge in [0.2, 0.25) is 0 Å². The Balaban J connectivity index is 2.60. The van der Waals surface area contributed by atoms with Crippen LogP contribution < -0.4 is 5.32 Å². The first-order valence-corrected chi connectivity index (χ1v) is 4.44. The predicted molar refractivity (Wildman–Crippen MR) is 48.9 cm³/mol. The maximum atomic E-state index is 12.1. The predicted octanol–water partition coefficient (Wildman–Crippen LogP) is 1.79. The number of hydrogen-bond donors (Lipinski definition) is 3.